The number of carbonyl (C=O) groups is 2. The maximum absolute atomic E-state index is 11.6. The fourth-order valence-electron chi connectivity index (χ4n) is 1.70. The van der Waals surface area contributed by atoms with Gasteiger partial charge in [0.15, 0.2) is 0 Å². The highest BCUT2D eigenvalue weighted by Gasteiger charge is 2.04. The monoisotopic (exact) mass is 327 g/mol. The Balaban J connectivity index is 2.28. The average Bonchev–Trinajstić information content (AvgIpc) is 2.33. The summed E-state index contributed by atoms with van der Waals surface area (Å²) in [5.74, 6) is -0.849. The predicted molar refractivity (Wildman–Crippen MR) is 76.8 cm³/mol. The molecule has 0 bridgehead atoms. The molecule has 1 amide bonds. The lowest BCUT2D eigenvalue weighted by molar-refractivity contribution is -0.137. The summed E-state index contributed by atoms with van der Waals surface area (Å²) in [6, 6.07) is 5.93. The predicted octanol–water partition coefficient (Wildman–Crippen LogP) is 3.02. The SMILES string of the molecule is Cc1cc(Br)ccc1CNC(=O)CCCCC(=O)O. The number of amides is 1. The summed E-state index contributed by atoms with van der Waals surface area (Å²) in [5.41, 5.74) is 2.21. The van der Waals surface area contributed by atoms with E-state index in [4.69, 9.17) is 5.11 Å². The van der Waals surface area contributed by atoms with Crippen LogP contribution in [0.25, 0.3) is 0 Å². The molecular formula is C14H18BrNO3. The van der Waals surface area contributed by atoms with Gasteiger partial charge < -0.3 is 10.4 Å². The van der Waals surface area contributed by atoms with Gasteiger partial charge in [-0.15, -0.1) is 0 Å². The summed E-state index contributed by atoms with van der Waals surface area (Å²) < 4.78 is 1.02. The van der Waals surface area contributed by atoms with Crippen LogP contribution in [0.1, 0.15) is 36.8 Å². The number of hydrogen-bond acceptors (Lipinski definition) is 2. The lowest BCUT2D eigenvalue weighted by Crippen LogP contribution is -2.22. The van der Waals surface area contributed by atoms with Crippen molar-refractivity contribution in [3.63, 3.8) is 0 Å². The van der Waals surface area contributed by atoms with Gasteiger partial charge in [-0.1, -0.05) is 22.0 Å². The number of rotatable bonds is 7. The first-order valence-electron chi connectivity index (χ1n) is 6.22. The van der Waals surface area contributed by atoms with Crippen molar-refractivity contribution in [2.45, 2.75) is 39.2 Å². The Morgan fingerprint density at radius 1 is 1.26 bits per heavy atom. The number of aliphatic carboxylic acids is 1. The Morgan fingerprint density at radius 3 is 2.58 bits per heavy atom. The van der Waals surface area contributed by atoms with Crippen molar-refractivity contribution in [2.24, 2.45) is 0 Å². The van der Waals surface area contributed by atoms with Crippen LogP contribution in [0, 0.1) is 6.92 Å². The molecule has 0 aromatic heterocycles. The Morgan fingerprint density at radius 2 is 1.95 bits per heavy atom. The quantitative estimate of drug-likeness (QED) is 0.756. The van der Waals surface area contributed by atoms with Gasteiger partial charge in [0.05, 0.1) is 0 Å². The normalized spacial score (nSPS) is 10.2. The van der Waals surface area contributed by atoms with Crippen LogP contribution in [0.2, 0.25) is 0 Å². The molecule has 0 spiro atoms. The first-order valence-corrected chi connectivity index (χ1v) is 7.02. The van der Waals surface area contributed by atoms with Gasteiger partial charge in [0.2, 0.25) is 5.91 Å². The zero-order chi connectivity index (χ0) is 14.3. The number of carbonyl (C=O) groups excluding carboxylic acids is 1. The van der Waals surface area contributed by atoms with Crippen LogP contribution in [-0.4, -0.2) is 17.0 Å². The minimum absolute atomic E-state index is 0.0345. The number of carboxylic acid groups (broad SMARTS) is 1. The summed E-state index contributed by atoms with van der Waals surface area (Å²) in [6.45, 7) is 2.51. The van der Waals surface area contributed by atoms with E-state index in [0.717, 1.165) is 15.6 Å². The first-order chi connectivity index (χ1) is 8.99. The number of hydrogen-bond donors (Lipinski definition) is 2. The second-order valence-corrected chi connectivity index (χ2v) is 5.36. The molecule has 4 nitrogen and oxygen atoms in total. The van der Waals surface area contributed by atoms with E-state index in [2.05, 4.69) is 21.2 Å². The number of halogens is 1. The van der Waals surface area contributed by atoms with Gasteiger partial charge in [-0.2, -0.15) is 0 Å². The van der Waals surface area contributed by atoms with Crippen LogP contribution in [-0.2, 0) is 16.1 Å². The van der Waals surface area contributed by atoms with Gasteiger partial charge in [-0.05, 0) is 43.0 Å². The second-order valence-electron chi connectivity index (χ2n) is 4.45. The fourth-order valence-corrected chi connectivity index (χ4v) is 2.18. The van der Waals surface area contributed by atoms with Crippen LogP contribution in [0.4, 0.5) is 0 Å². The Bertz CT molecular complexity index is 460. The molecule has 0 saturated carbocycles. The van der Waals surface area contributed by atoms with E-state index in [0.29, 0.717) is 25.8 Å². The van der Waals surface area contributed by atoms with Crippen molar-refractivity contribution >= 4 is 27.8 Å². The molecule has 5 heteroatoms. The smallest absolute Gasteiger partial charge is 0.303 e. The first kappa shape index (κ1) is 15.7. The molecule has 0 heterocycles. The van der Waals surface area contributed by atoms with Crippen molar-refractivity contribution < 1.29 is 14.7 Å². The van der Waals surface area contributed by atoms with Crippen molar-refractivity contribution in [1.82, 2.24) is 5.32 Å². The fraction of sp³-hybridized carbons (Fsp3) is 0.429. The molecule has 104 valence electrons. The zero-order valence-corrected chi connectivity index (χ0v) is 12.5. The highest BCUT2D eigenvalue weighted by molar-refractivity contribution is 9.10. The van der Waals surface area contributed by atoms with Crippen LogP contribution in [0.15, 0.2) is 22.7 Å². The van der Waals surface area contributed by atoms with E-state index in [9.17, 15) is 9.59 Å². The van der Waals surface area contributed by atoms with Gasteiger partial charge >= 0.3 is 5.97 Å². The Hall–Kier alpha value is -1.36. The maximum atomic E-state index is 11.6. The van der Waals surface area contributed by atoms with Gasteiger partial charge in [0.25, 0.3) is 0 Å². The number of carboxylic acids is 1. The topological polar surface area (TPSA) is 66.4 Å². The lowest BCUT2D eigenvalue weighted by Gasteiger charge is -2.08. The molecule has 0 aliphatic heterocycles. The highest BCUT2D eigenvalue weighted by atomic mass is 79.9. The van der Waals surface area contributed by atoms with Gasteiger partial charge in [0, 0.05) is 23.9 Å². The molecule has 0 fully saturated rings. The summed E-state index contributed by atoms with van der Waals surface area (Å²) in [4.78, 5) is 21.9. The van der Waals surface area contributed by atoms with Gasteiger partial charge in [-0.3, -0.25) is 9.59 Å². The molecule has 1 aromatic carbocycles. The third-order valence-electron chi connectivity index (χ3n) is 2.83. The molecule has 0 saturated heterocycles. The van der Waals surface area contributed by atoms with Crippen LogP contribution >= 0.6 is 15.9 Å². The lowest BCUT2D eigenvalue weighted by atomic mass is 10.1. The number of benzene rings is 1. The standard InChI is InChI=1S/C14H18BrNO3/c1-10-8-12(15)7-6-11(10)9-16-13(17)4-2-3-5-14(18)19/h6-8H,2-5,9H2,1H3,(H,16,17)(H,18,19). The number of aryl methyl sites for hydroxylation is 1. The molecule has 0 aliphatic rings. The minimum Gasteiger partial charge on any atom is -0.481 e. The minimum atomic E-state index is -0.814. The Labute approximate surface area is 121 Å². The Kier molecular flexibility index (Phi) is 6.56. The van der Waals surface area contributed by atoms with E-state index >= 15 is 0 Å². The number of nitrogens with one attached hydrogen (secondary N) is 1. The molecule has 0 radical (unpaired) electrons. The summed E-state index contributed by atoms with van der Waals surface area (Å²) in [6.07, 6.45) is 1.65. The number of unbranched alkanes of at least 4 members (excludes halogenated alkanes) is 1. The summed E-state index contributed by atoms with van der Waals surface area (Å²) >= 11 is 3.39. The summed E-state index contributed by atoms with van der Waals surface area (Å²) in [7, 11) is 0. The average molecular weight is 328 g/mol. The molecule has 0 aliphatic carbocycles. The van der Waals surface area contributed by atoms with Gasteiger partial charge in [0.1, 0.15) is 0 Å². The van der Waals surface area contributed by atoms with Crippen molar-refractivity contribution in [1.29, 1.82) is 0 Å². The van der Waals surface area contributed by atoms with Crippen LogP contribution in [0.3, 0.4) is 0 Å². The molecule has 1 aromatic rings. The van der Waals surface area contributed by atoms with Crippen molar-refractivity contribution in [3.8, 4) is 0 Å². The zero-order valence-electron chi connectivity index (χ0n) is 10.9. The van der Waals surface area contributed by atoms with Crippen molar-refractivity contribution in [3.05, 3.63) is 33.8 Å². The molecule has 1 rings (SSSR count). The van der Waals surface area contributed by atoms with E-state index in [1.807, 2.05) is 25.1 Å². The van der Waals surface area contributed by atoms with Crippen molar-refractivity contribution in [2.75, 3.05) is 0 Å². The van der Waals surface area contributed by atoms with Crippen LogP contribution < -0.4 is 5.32 Å². The third kappa shape index (κ3) is 6.38. The maximum Gasteiger partial charge on any atom is 0.303 e. The third-order valence-corrected chi connectivity index (χ3v) is 3.32. The summed E-state index contributed by atoms with van der Waals surface area (Å²) in [5, 5.41) is 11.3. The van der Waals surface area contributed by atoms with Gasteiger partial charge in [-0.25, -0.2) is 0 Å². The van der Waals surface area contributed by atoms with E-state index in [-0.39, 0.29) is 12.3 Å². The van der Waals surface area contributed by atoms with Crippen LogP contribution in [0.5, 0.6) is 0 Å². The molecule has 0 atom stereocenters. The second kappa shape index (κ2) is 7.94. The highest BCUT2D eigenvalue weighted by Crippen LogP contribution is 2.15. The molecule has 19 heavy (non-hydrogen) atoms. The molecule has 2 N–H and O–H groups in total. The largest absolute Gasteiger partial charge is 0.481 e. The molecular weight excluding hydrogens is 310 g/mol. The molecule has 0 unspecified atom stereocenters. The van der Waals surface area contributed by atoms with E-state index < -0.39 is 5.97 Å². The van der Waals surface area contributed by atoms with E-state index in [1.165, 1.54) is 0 Å². The van der Waals surface area contributed by atoms with E-state index in [1.54, 1.807) is 0 Å².